The Hall–Kier alpha value is -1.51. The predicted molar refractivity (Wildman–Crippen MR) is 70.2 cm³/mol. The Morgan fingerprint density at radius 3 is 2.53 bits per heavy atom. The topological polar surface area (TPSA) is 63.3 Å². The highest BCUT2D eigenvalue weighted by molar-refractivity contribution is 5.70. The minimum atomic E-state index is -0.759. The molecule has 94 valence electrons. The van der Waals surface area contributed by atoms with E-state index in [1.807, 2.05) is 13.8 Å². The average Bonchev–Trinajstić information content (AvgIpc) is 2.29. The number of hydrogen-bond acceptors (Lipinski definition) is 2. The molecule has 1 atom stereocenters. The van der Waals surface area contributed by atoms with Crippen LogP contribution in [0.2, 0.25) is 0 Å². The Labute approximate surface area is 103 Å². The number of anilines is 1. The first-order valence-corrected chi connectivity index (χ1v) is 5.98. The number of nitrogens with two attached hydrogens (primary N) is 1. The molecule has 1 aromatic carbocycles. The molecular formula is C14H21NO2. The van der Waals surface area contributed by atoms with Crippen LogP contribution in [0.4, 0.5) is 5.69 Å². The van der Waals surface area contributed by atoms with Crippen LogP contribution >= 0.6 is 0 Å². The van der Waals surface area contributed by atoms with Crippen LogP contribution in [0, 0.1) is 19.8 Å². The van der Waals surface area contributed by atoms with Crippen molar-refractivity contribution >= 4 is 11.7 Å². The van der Waals surface area contributed by atoms with E-state index in [9.17, 15) is 4.79 Å². The van der Waals surface area contributed by atoms with Crippen molar-refractivity contribution in [3.63, 3.8) is 0 Å². The Morgan fingerprint density at radius 2 is 2.06 bits per heavy atom. The van der Waals surface area contributed by atoms with Gasteiger partial charge in [-0.1, -0.05) is 19.9 Å². The van der Waals surface area contributed by atoms with Gasteiger partial charge in [-0.2, -0.15) is 0 Å². The largest absolute Gasteiger partial charge is 0.481 e. The van der Waals surface area contributed by atoms with Crippen LogP contribution in [-0.4, -0.2) is 11.1 Å². The number of aliphatic carboxylic acids is 1. The molecule has 17 heavy (non-hydrogen) atoms. The highest BCUT2D eigenvalue weighted by Gasteiger charge is 2.17. The second-order valence-electron chi connectivity index (χ2n) is 4.67. The lowest BCUT2D eigenvalue weighted by Crippen LogP contribution is -2.15. The van der Waals surface area contributed by atoms with E-state index in [0.717, 1.165) is 28.8 Å². The molecule has 0 aromatic heterocycles. The summed E-state index contributed by atoms with van der Waals surface area (Å²) in [6, 6.07) is 2.08. The van der Waals surface area contributed by atoms with Gasteiger partial charge in [0.1, 0.15) is 0 Å². The molecule has 0 aliphatic heterocycles. The summed E-state index contributed by atoms with van der Waals surface area (Å²) in [6.07, 6.45) is 1.46. The molecule has 0 amide bonds. The van der Waals surface area contributed by atoms with Gasteiger partial charge < -0.3 is 10.8 Å². The van der Waals surface area contributed by atoms with Gasteiger partial charge in [0.15, 0.2) is 0 Å². The lowest BCUT2D eigenvalue weighted by molar-refractivity contribution is -0.141. The number of aryl methyl sites for hydroxylation is 2. The summed E-state index contributed by atoms with van der Waals surface area (Å²) < 4.78 is 0. The minimum Gasteiger partial charge on any atom is -0.481 e. The second kappa shape index (κ2) is 5.21. The van der Waals surface area contributed by atoms with Crippen LogP contribution in [0.1, 0.15) is 36.1 Å². The first-order valence-electron chi connectivity index (χ1n) is 5.98. The number of carbonyl (C=O) groups is 1. The van der Waals surface area contributed by atoms with E-state index in [1.165, 1.54) is 5.56 Å². The second-order valence-corrected chi connectivity index (χ2v) is 4.67. The van der Waals surface area contributed by atoms with Gasteiger partial charge in [0.05, 0.1) is 5.92 Å². The maximum absolute atomic E-state index is 10.9. The van der Waals surface area contributed by atoms with Crippen molar-refractivity contribution in [1.82, 2.24) is 0 Å². The normalized spacial score (nSPS) is 12.5. The Balaban J connectivity index is 3.21. The smallest absolute Gasteiger partial charge is 0.306 e. The quantitative estimate of drug-likeness (QED) is 0.789. The summed E-state index contributed by atoms with van der Waals surface area (Å²) in [5, 5.41) is 8.99. The molecule has 0 aliphatic rings. The molecule has 3 heteroatoms. The van der Waals surface area contributed by atoms with E-state index in [-0.39, 0.29) is 5.92 Å². The predicted octanol–water partition coefficient (Wildman–Crippen LogP) is 2.71. The zero-order valence-corrected chi connectivity index (χ0v) is 11.0. The number of carboxylic acids is 1. The van der Waals surface area contributed by atoms with E-state index in [0.29, 0.717) is 6.42 Å². The van der Waals surface area contributed by atoms with Crippen molar-refractivity contribution in [1.29, 1.82) is 0 Å². The standard InChI is InChI=1S/C14H21NO2/c1-5-11-6-8(2)13(15)10(4)12(11)7-9(3)14(16)17/h6,9H,5,7,15H2,1-4H3,(H,16,17). The Kier molecular flexibility index (Phi) is 4.16. The Bertz CT molecular complexity index is 438. The highest BCUT2D eigenvalue weighted by atomic mass is 16.4. The summed E-state index contributed by atoms with van der Waals surface area (Å²) in [6.45, 7) is 7.79. The molecule has 0 radical (unpaired) electrons. The summed E-state index contributed by atoms with van der Waals surface area (Å²) in [5.41, 5.74) is 11.2. The molecule has 0 aliphatic carbocycles. The number of rotatable bonds is 4. The molecule has 0 saturated heterocycles. The van der Waals surface area contributed by atoms with E-state index >= 15 is 0 Å². The van der Waals surface area contributed by atoms with E-state index < -0.39 is 5.97 Å². The third-order valence-corrected chi connectivity index (χ3v) is 3.37. The average molecular weight is 235 g/mol. The molecule has 0 heterocycles. The SMILES string of the molecule is CCc1cc(C)c(N)c(C)c1CC(C)C(=O)O. The molecule has 0 spiro atoms. The molecule has 1 rings (SSSR count). The third kappa shape index (κ3) is 2.78. The van der Waals surface area contributed by atoms with Crippen LogP contribution in [0.5, 0.6) is 0 Å². The number of benzene rings is 1. The van der Waals surface area contributed by atoms with Crippen LogP contribution in [0.15, 0.2) is 6.07 Å². The molecule has 1 aromatic rings. The zero-order chi connectivity index (χ0) is 13.2. The summed E-state index contributed by atoms with van der Waals surface area (Å²) in [7, 11) is 0. The Morgan fingerprint density at radius 1 is 1.47 bits per heavy atom. The van der Waals surface area contributed by atoms with E-state index in [2.05, 4.69) is 13.0 Å². The highest BCUT2D eigenvalue weighted by Crippen LogP contribution is 2.27. The molecule has 0 fully saturated rings. The lowest BCUT2D eigenvalue weighted by Gasteiger charge is -2.17. The fourth-order valence-corrected chi connectivity index (χ4v) is 2.12. The molecule has 3 N–H and O–H groups in total. The molecular weight excluding hydrogens is 214 g/mol. The van der Waals surface area contributed by atoms with Gasteiger partial charge >= 0.3 is 5.97 Å². The minimum absolute atomic E-state index is 0.374. The van der Waals surface area contributed by atoms with Crippen molar-refractivity contribution in [2.75, 3.05) is 5.73 Å². The first-order chi connectivity index (χ1) is 7.88. The van der Waals surface area contributed by atoms with Crippen molar-refractivity contribution in [3.05, 3.63) is 28.3 Å². The van der Waals surface area contributed by atoms with Crippen molar-refractivity contribution in [3.8, 4) is 0 Å². The van der Waals surface area contributed by atoms with Crippen LogP contribution in [0.25, 0.3) is 0 Å². The van der Waals surface area contributed by atoms with Gasteiger partial charge in [0.2, 0.25) is 0 Å². The third-order valence-electron chi connectivity index (χ3n) is 3.37. The van der Waals surface area contributed by atoms with Crippen molar-refractivity contribution in [2.24, 2.45) is 5.92 Å². The maximum Gasteiger partial charge on any atom is 0.306 e. The number of hydrogen-bond donors (Lipinski definition) is 2. The summed E-state index contributed by atoms with van der Waals surface area (Å²) >= 11 is 0. The van der Waals surface area contributed by atoms with E-state index in [1.54, 1.807) is 6.92 Å². The number of carboxylic acid groups (broad SMARTS) is 1. The lowest BCUT2D eigenvalue weighted by atomic mass is 9.89. The van der Waals surface area contributed by atoms with Crippen LogP contribution < -0.4 is 5.73 Å². The van der Waals surface area contributed by atoms with Crippen LogP contribution in [-0.2, 0) is 17.6 Å². The molecule has 0 bridgehead atoms. The van der Waals surface area contributed by atoms with Gasteiger partial charge in [-0.25, -0.2) is 0 Å². The van der Waals surface area contributed by atoms with Gasteiger partial charge in [-0.3, -0.25) is 4.79 Å². The first kappa shape index (κ1) is 13.6. The van der Waals surface area contributed by atoms with Gasteiger partial charge in [-0.15, -0.1) is 0 Å². The van der Waals surface area contributed by atoms with E-state index in [4.69, 9.17) is 10.8 Å². The summed E-state index contributed by atoms with van der Waals surface area (Å²) in [4.78, 5) is 10.9. The van der Waals surface area contributed by atoms with Crippen molar-refractivity contribution in [2.45, 2.75) is 40.5 Å². The zero-order valence-electron chi connectivity index (χ0n) is 11.0. The maximum atomic E-state index is 10.9. The fraction of sp³-hybridized carbons (Fsp3) is 0.500. The van der Waals surface area contributed by atoms with Crippen LogP contribution in [0.3, 0.4) is 0 Å². The fourth-order valence-electron chi connectivity index (χ4n) is 2.12. The molecule has 3 nitrogen and oxygen atoms in total. The number of nitrogen functional groups attached to an aromatic ring is 1. The monoisotopic (exact) mass is 235 g/mol. The summed E-state index contributed by atoms with van der Waals surface area (Å²) in [5.74, 6) is -1.13. The molecule has 0 saturated carbocycles. The van der Waals surface area contributed by atoms with Crippen molar-refractivity contribution < 1.29 is 9.90 Å². The van der Waals surface area contributed by atoms with Gasteiger partial charge in [-0.05, 0) is 48.9 Å². The van der Waals surface area contributed by atoms with Gasteiger partial charge in [0.25, 0.3) is 0 Å². The molecule has 1 unspecified atom stereocenters. The van der Waals surface area contributed by atoms with Gasteiger partial charge in [0, 0.05) is 5.69 Å².